The molecule has 14 heteroatoms. The minimum absolute atomic E-state index is 0.210. The predicted octanol–water partition coefficient (Wildman–Crippen LogP) is 15.2. The highest BCUT2D eigenvalue weighted by Crippen LogP contribution is 2.30. The van der Waals surface area contributed by atoms with Crippen molar-refractivity contribution < 1.29 is 64.6 Å². The monoisotopic (exact) mass is 1260 g/mol. The molecule has 9 N–H and O–H groups in total. The topological polar surface area (TPSA) is 228 Å². The van der Waals surface area contributed by atoms with Crippen LogP contribution in [0.3, 0.4) is 0 Å². The molecule has 2 saturated heterocycles. The summed E-state index contributed by atoms with van der Waals surface area (Å²) in [6.45, 7) is 2.78. The number of aliphatic hydroxyl groups excluding tert-OH is 8. The van der Waals surface area contributed by atoms with E-state index in [0.29, 0.717) is 12.8 Å². The number of carbonyl (C=O) groups is 1. The van der Waals surface area contributed by atoms with Gasteiger partial charge in [-0.3, -0.25) is 4.79 Å². The van der Waals surface area contributed by atoms with Gasteiger partial charge in [0.1, 0.15) is 48.8 Å². The normalized spacial score (nSPS) is 23.5. The van der Waals surface area contributed by atoms with E-state index in [9.17, 15) is 45.6 Å². The maximum Gasteiger partial charge on any atom is 0.220 e. The summed E-state index contributed by atoms with van der Waals surface area (Å²) in [7, 11) is 0. The molecule has 2 aliphatic rings. The first-order valence-electron chi connectivity index (χ1n) is 36.3. The predicted molar refractivity (Wildman–Crippen MR) is 364 cm³/mol. The molecule has 0 aromatic rings. The van der Waals surface area contributed by atoms with Gasteiger partial charge in [0.15, 0.2) is 12.6 Å². The van der Waals surface area contributed by atoms with E-state index >= 15 is 0 Å². The largest absolute Gasteiger partial charge is 0.394 e. The maximum absolute atomic E-state index is 13.4. The summed E-state index contributed by atoms with van der Waals surface area (Å²) in [6, 6.07) is -0.837. The van der Waals surface area contributed by atoms with E-state index in [1.807, 2.05) is 0 Å². The molecule has 0 aromatic heterocycles. The molecule has 1 amide bonds. The summed E-state index contributed by atoms with van der Waals surface area (Å²) >= 11 is 0. The fourth-order valence-electron chi connectivity index (χ4n) is 11.6. The number of hydrogen-bond donors (Lipinski definition) is 9. The van der Waals surface area contributed by atoms with Gasteiger partial charge in [0.2, 0.25) is 5.91 Å². The molecule has 516 valence electrons. The second-order valence-electron chi connectivity index (χ2n) is 25.3. The second kappa shape index (κ2) is 59.0. The number of unbranched alkanes of at least 4 members (excludes halogenated alkanes) is 32. The molecule has 89 heavy (non-hydrogen) atoms. The fourth-order valence-corrected chi connectivity index (χ4v) is 11.6. The Morgan fingerprint density at radius 2 is 0.775 bits per heavy atom. The molecule has 12 atom stereocenters. The lowest BCUT2D eigenvalue weighted by Crippen LogP contribution is -2.65. The zero-order chi connectivity index (χ0) is 64.5. The quantitative estimate of drug-likeness (QED) is 0.0204. The fraction of sp³-hybridized carbons (Fsp3) is 0.800. The van der Waals surface area contributed by atoms with Crippen molar-refractivity contribution in [2.75, 3.05) is 19.8 Å². The van der Waals surface area contributed by atoms with E-state index in [-0.39, 0.29) is 12.5 Å². The summed E-state index contributed by atoms with van der Waals surface area (Å²) < 4.78 is 22.9. The molecular formula is C75H133NO13. The third kappa shape index (κ3) is 42.9. The van der Waals surface area contributed by atoms with E-state index < -0.39 is 86.8 Å². The molecule has 2 aliphatic heterocycles. The van der Waals surface area contributed by atoms with Crippen LogP contribution in [0.25, 0.3) is 0 Å². The van der Waals surface area contributed by atoms with E-state index in [1.54, 1.807) is 0 Å². The maximum atomic E-state index is 13.4. The molecule has 12 unspecified atom stereocenters. The number of rotatable bonds is 59. The van der Waals surface area contributed by atoms with Gasteiger partial charge >= 0.3 is 0 Å². The second-order valence-corrected chi connectivity index (χ2v) is 25.3. The highest BCUT2D eigenvalue weighted by atomic mass is 16.7. The van der Waals surface area contributed by atoms with E-state index in [1.165, 1.54) is 161 Å². The van der Waals surface area contributed by atoms with Crippen LogP contribution in [0, 0.1) is 0 Å². The van der Waals surface area contributed by atoms with Crippen LogP contribution in [0.15, 0.2) is 85.1 Å². The smallest absolute Gasteiger partial charge is 0.220 e. The Balaban J connectivity index is 1.65. The van der Waals surface area contributed by atoms with Crippen LogP contribution >= 0.6 is 0 Å². The molecule has 0 aliphatic carbocycles. The SMILES string of the molecule is CC/C=C\C/C=C\C/C=C\C/C=C\C/C=C\C/C=C\C/C=C\CCCCCCCCCCCCCC(=O)NC(COC1OC(CO)C(OC2OC(CO)C(O)C(O)C2O)C(O)C1O)C(O)CCCCCCCCCCCCCCCCCCCCCCCC. The average molecular weight is 1260 g/mol. The molecule has 2 fully saturated rings. The number of ether oxygens (including phenoxy) is 4. The molecule has 0 bridgehead atoms. The summed E-state index contributed by atoms with van der Waals surface area (Å²) in [5.41, 5.74) is 0. The third-order valence-corrected chi connectivity index (χ3v) is 17.4. The summed E-state index contributed by atoms with van der Waals surface area (Å²) in [4.78, 5) is 13.4. The lowest BCUT2D eigenvalue weighted by atomic mass is 9.97. The Bertz CT molecular complexity index is 1820. The number of aliphatic hydroxyl groups is 8. The number of nitrogens with one attached hydrogen (secondary N) is 1. The minimum Gasteiger partial charge on any atom is -0.394 e. The third-order valence-electron chi connectivity index (χ3n) is 17.4. The van der Waals surface area contributed by atoms with Crippen LogP contribution in [0.2, 0.25) is 0 Å². The summed E-state index contributed by atoms with van der Waals surface area (Å²) in [5.74, 6) is -0.210. The average Bonchev–Trinajstić information content (AvgIpc) is 2.75. The van der Waals surface area contributed by atoms with Crippen LogP contribution < -0.4 is 5.32 Å². The van der Waals surface area contributed by atoms with E-state index in [0.717, 1.165) is 103 Å². The van der Waals surface area contributed by atoms with Crippen molar-refractivity contribution >= 4 is 5.91 Å². The van der Waals surface area contributed by atoms with Gasteiger partial charge in [-0.15, -0.1) is 0 Å². The van der Waals surface area contributed by atoms with Gasteiger partial charge in [-0.25, -0.2) is 0 Å². The van der Waals surface area contributed by atoms with Crippen LogP contribution in [0.5, 0.6) is 0 Å². The van der Waals surface area contributed by atoms with Crippen LogP contribution in [0.4, 0.5) is 0 Å². The van der Waals surface area contributed by atoms with E-state index in [4.69, 9.17) is 18.9 Å². The molecule has 0 radical (unpaired) electrons. The van der Waals surface area contributed by atoms with Crippen LogP contribution in [0.1, 0.15) is 290 Å². The highest BCUT2D eigenvalue weighted by Gasteiger charge is 2.51. The number of carbonyl (C=O) groups excluding carboxylic acids is 1. The van der Waals surface area contributed by atoms with Crippen molar-refractivity contribution in [3.63, 3.8) is 0 Å². The molecule has 2 rings (SSSR count). The standard InChI is InChI=1S/C75H133NO13/c1-3-5-7-9-11-13-15-17-19-21-23-25-27-28-29-30-31-32-33-34-35-36-37-39-41-43-45-47-49-51-53-55-57-59-67(80)76-63(62-86-74-72(85)70(83)73(66(61-78)88-74)89-75-71(84)69(82)68(81)65(60-77)87-75)64(79)58-56-54-52-50-48-46-44-42-40-38-26-24-22-20-18-16-14-12-10-8-6-4-2/h5,7,11,13,17,19,23,25,28-29,31-32,34-35,63-66,68-75,77-79,81-85H,3-4,6,8-10,12,14-16,18,20-22,24,26-27,30,33,36-62H2,1-2H3,(H,76,80)/b7-5-,13-11-,19-17-,25-23-,29-28-,32-31-,35-34-. The van der Waals surface area contributed by atoms with Gasteiger partial charge in [-0.05, 0) is 70.6 Å². The number of amides is 1. The van der Waals surface area contributed by atoms with Gasteiger partial charge in [-0.1, -0.05) is 298 Å². The Morgan fingerprint density at radius 3 is 1.19 bits per heavy atom. The van der Waals surface area contributed by atoms with Crippen LogP contribution in [-0.2, 0) is 23.7 Å². The van der Waals surface area contributed by atoms with Crippen molar-refractivity contribution in [2.45, 2.75) is 364 Å². The van der Waals surface area contributed by atoms with Gasteiger partial charge in [0, 0.05) is 6.42 Å². The molecule has 0 saturated carbocycles. The van der Waals surface area contributed by atoms with E-state index in [2.05, 4.69) is 104 Å². The van der Waals surface area contributed by atoms with Crippen LogP contribution in [-0.4, -0.2) is 140 Å². The lowest BCUT2D eigenvalue weighted by Gasteiger charge is -2.46. The highest BCUT2D eigenvalue weighted by molar-refractivity contribution is 5.76. The van der Waals surface area contributed by atoms with Gasteiger partial charge in [-0.2, -0.15) is 0 Å². The first-order valence-corrected chi connectivity index (χ1v) is 36.3. The zero-order valence-electron chi connectivity index (χ0n) is 56.2. The van der Waals surface area contributed by atoms with Gasteiger partial charge in [0.05, 0.1) is 32.0 Å². The molecule has 0 aromatic carbocycles. The molecular weight excluding hydrogens is 1120 g/mol. The molecule has 14 nitrogen and oxygen atoms in total. The first-order chi connectivity index (χ1) is 43.6. The molecule has 0 spiro atoms. The minimum atomic E-state index is -1.79. The van der Waals surface area contributed by atoms with Gasteiger partial charge < -0.3 is 65.1 Å². The summed E-state index contributed by atoms with van der Waals surface area (Å²) in [6.07, 6.45) is 64.4. The lowest BCUT2D eigenvalue weighted by molar-refractivity contribution is -0.359. The van der Waals surface area contributed by atoms with Crippen molar-refractivity contribution in [2.24, 2.45) is 0 Å². The first kappa shape index (κ1) is 82.3. The molecule has 2 heterocycles. The Kier molecular flexibility index (Phi) is 54.5. The van der Waals surface area contributed by atoms with Crippen molar-refractivity contribution in [3.05, 3.63) is 85.1 Å². The van der Waals surface area contributed by atoms with Crippen molar-refractivity contribution in [1.29, 1.82) is 0 Å². The Morgan fingerprint density at radius 1 is 0.416 bits per heavy atom. The zero-order valence-corrected chi connectivity index (χ0v) is 56.2. The van der Waals surface area contributed by atoms with Gasteiger partial charge in [0.25, 0.3) is 0 Å². The van der Waals surface area contributed by atoms with Crippen molar-refractivity contribution in [3.8, 4) is 0 Å². The number of allylic oxidation sites excluding steroid dienone is 14. The summed E-state index contributed by atoms with van der Waals surface area (Å²) in [5, 5.41) is 87.7. The van der Waals surface area contributed by atoms with Crippen molar-refractivity contribution in [1.82, 2.24) is 5.32 Å². The Hall–Kier alpha value is -2.83. The Labute approximate surface area is 541 Å². The number of hydrogen-bond acceptors (Lipinski definition) is 13.